The minimum atomic E-state index is -6.11. The predicted molar refractivity (Wildman–Crippen MR) is 197 cm³/mol. The number of benzene rings is 4. The summed E-state index contributed by atoms with van der Waals surface area (Å²) in [5, 5.41) is 15.3. The summed E-state index contributed by atoms with van der Waals surface area (Å²) in [5.41, 5.74) is -3.53. The zero-order valence-corrected chi connectivity index (χ0v) is 31.2. The fourth-order valence-electron chi connectivity index (χ4n) is 6.07. The third-order valence-corrected chi connectivity index (χ3v) is 11.5. The molecular formula is C37H32F3N3O10SSi. The molecule has 0 N–H and O–H groups in total. The van der Waals surface area contributed by atoms with Crippen LogP contribution >= 0.6 is 0 Å². The van der Waals surface area contributed by atoms with E-state index in [1.54, 1.807) is 48.5 Å². The van der Waals surface area contributed by atoms with E-state index in [0.717, 1.165) is 0 Å². The molecule has 0 saturated heterocycles. The van der Waals surface area contributed by atoms with E-state index in [1.807, 2.05) is 19.6 Å². The molecule has 1 unspecified atom stereocenters. The molecule has 0 bridgehead atoms. The minimum absolute atomic E-state index is 0.0100. The molecule has 55 heavy (non-hydrogen) atoms. The molecule has 6 rings (SSSR count). The van der Waals surface area contributed by atoms with E-state index in [4.69, 9.17) is 18.5 Å². The lowest BCUT2D eigenvalue weighted by Crippen LogP contribution is -2.40. The summed E-state index contributed by atoms with van der Waals surface area (Å²) in [5.74, 6) is -0.907. The van der Waals surface area contributed by atoms with Crippen LogP contribution in [0.15, 0.2) is 102 Å². The van der Waals surface area contributed by atoms with Gasteiger partial charge in [0.15, 0.2) is 11.9 Å². The Morgan fingerprint density at radius 2 is 1.56 bits per heavy atom. The number of rotatable bonds is 10. The molecular weight excluding hydrogens is 764 g/mol. The summed E-state index contributed by atoms with van der Waals surface area (Å²) < 4.78 is 81.7. The number of para-hydroxylation sites is 1. The van der Waals surface area contributed by atoms with Crippen molar-refractivity contribution in [3.05, 3.63) is 135 Å². The lowest BCUT2D eigenvalue weighted by molar-refractivity contribution is -0.384. The maximum absolute atomic E-state index is 14.4. The number of halogens is 3. The van der Waals surface area contributed by atoms with Crippen LogP contribution in [0.4, 0.5) is 29.3 Å². The van der Waals surface area contributed by atoms with Crippen LogP contribution in [-0.2, 0) is 30.5 Å². The summed E-state index contributed by atoms with van der Waals surface area (Å²) in [4.78, 5) is 43.9. The zero-order valence-electron chi connectivity index (χ0n) is 29.4. The number of ether oxygens (including phenoxy) is 2. The van der Waals surface area contributed by atoms with Gasteiger partial charge in [0.05, 0.1) is 30.9 Å². The van der Waals surface area contributed by atoms with Crippen molar-refractivity contribution in [2.75, 3.05) is 11.4 Å². The van der Waals surface area contributed by atoms with Gasteiger partial charge in [-0.25, -0.2) is 4.79 Å². The standard InChI is InChI=1S/C37H32F3N3O10SSi/c1-55(2,3)34-28-8-4-5-9-29(28)35(44)42(32-11-7-6-10-30(32)33(34)53-54(48,49)37(38,39)40)21-27-20-31(41-52-27)24-14-12-23(13-15-24)22-50-36(45)51-26-18-16-25(17-19-26)43(46)47/h4-19,27H,20-22H2,1-3H3/b34-33-. The van der Waals surface area contributed by atoms with Crippen molar-refractivity contribution in [1.29, 1.82) is 0 Å². The molecule has 0 saturated carbocycles. The van der Waals surface area contributed by atoms with Crippen LogP contribution in [0.1, 0.15) is 39.0 Å². The van der Waals surface area contributed by atoms with Gasteiger partial charge in [0.1, 0.15) is 12.4 Å². The first-order chi connectivity index (χ1) is 25.9. The molecule has 0 fully saturated rings. The Labute approximate surface area is 313 Å². The van der Waals surface area contributed by atoms with Crippen molar-refractivity contribution in [3.63, 3.8) is 0 Å². The van der Waals surface area contributed by atoms with Gasteiger partial charge in [-0.15, -0.1) is 0 Å². The number of nitro benzene ring substituents is 1. The largest absolute Gasteiger partial charge is 0.534 e. The van der Waals surface area contributed by atoms with Gasteiger partial charge in [-0.1, -0.05) is 79.4 Å². The molecule has 1 amide bonds. The first-order valence-electron chi connectivity index (χ1n) is 16.6. The predicted octanol–water partition coefficient (Wildman–Crippen LogP) is 8.08. The van der Waals surface area contributed by atoms with E-state index < -0.39 is 52.5 Å². The topological polar surface area (TPSA) is 164 Å². The van der Waals surface area contributed by atoms with Crippen LogP contribution in [0.5, 0.6) is 5.75 Å². The normalized spacial score (nSPS) is 17.2. The number of amides is 1. The molecule has 0 aliphatic carbocycles. The highest BCUT2D eigenvalue weighted by Gasteiger charge is 2.50. The van der Waals surface area contributed by atoms with Gasteiger partial charge in [0.2, 0.25) is 0 Å². The van der Waals surface area contributed by atoms with Crippen LogP contribution in [0.25, 0.3) is 11.0 Å². The van der Waals surface area contributed by atoms with Crippen molar-refractivity contribution in [2.45, 2.75) is 44.3 Å². The van der Waals surface area contributed by atoms with E-state index in [1.165, 1.54) is 53.4 Å². The van der Waals surface area contributed by atoms with Gasteiger partial charge < -0.3 is 23.4 Å². The second-order valence-corrected chi connectivity index (χ2v) is 20.0. The van der Waals surface area contributed by atoms with Crippen molar-refractivity contribution >= 4 is 58.3 Å². The van der Waals surface area contributed by atoms with Crippen molar-refractivity contribution in [3.8, 4) is 5.75 Å². The number of hydrogen-bond acceptors (Lipinski definition) is 11. The number of anilines is 1. The average molecular weight is 796 g/mol. The maximum Gasteiger partial charge on any atom is 0.534 e. The van der Waals surface area contributed by atoms with Gasteiger partial charge in [-0.2, -0.15) is 21.6 Å². The third kappa shape index (κ3) is 8.39. The molecule has 4 aromatic carbocycles. The third-order valence-electron chi connectivity index (χ3n) is 8.58. The number of nitrogens with zero attached hydrogens (tertiary/aromatic N) is 3. The number of fused-ring (bicyclic) bond motifs is 2. The molecule has 286 valence electrons. The van der Waals surface area contributed by atoms with Gasteiger partial charge >= 0.3 is 21.8 Å². The molecule has 2 aliphatic heterocycles. The molecule has 2 heterocycles. The second-order valence-electron chi connectivity index (χ2n) is 13.5. The van der Waals surface area contributed by atoms with Crippen LogP contribution in [0.3, 0.4) is 0 Å². The van der Waals surface area contributed by atoms with E-state index in [9.17, 15) is 41.3 Å². The van der Waals surface area contributed by atoms with Gasteiger partial charge in [0, 0.05) is 29.7 Å². The average Bonchev–Trinajstić information content (AvgIpc) is 3.60. The summed E-state index contributed by atoms with van der Waals surface area (Å²) >= 11 is 0. The Bertz CT molecular complexity index is 2330. The molecule has 18 heteroatoms. The Hall–Kier alpha value is -6.01. The Morgan fingerprint density at radius 3 is 2.18 bits per heavy atom. The maximum atomic E-state index is 14.4. The van der Waals surface area contributed by atoms with E-state index >= 15 is 0 Å². The first kappa shape index (κ1) is 38.7. The van der Waals surface area contributed by atoms with Crippen molar-refractivity contribution < 1.29 is 54.6 Å². The van der Waals surface area contributed by atoms with Crippen LogP contribution in [0.2, 0.25) is 19.6 Å². The highest BCUT2D eigenvalue weighted by Crippen LogP contribution is 2.44. The SMILES string of the molecule is C[Si](C)(C)/C1=C(\OS(=O)(=O)C(F)(F)F)c2ccccc2N(CC2CC(c3ccc(COC(=O)Oc4ccc([N+](=O)[O-])cc4)cc3)=NO2)C(=O)c2ccccc21. The van der Waals surface area contributed by atoms with Crippen LogP contribution in [0, 0.1) is 10.1 Å². The number of nitro groups is 1. The molecule has 13 nitrogen and oxygen atoms in total. The quantitative estimate of drug-likeness (QED) is 0.0292. The lowest BCUT2D eigenvalue weighted by Gasteiger charge is -2.34. The fourth-order valence-corrected chi connectivity index (χ4v) is 8.52. The lowest BCUT2D eigenvalue weighted by atomic mass is 9.98. The zero-order chi connectivity index (χ0) is 39.7. The van der Waals surface area contributed by atoms with E-state index in [0.29, 0.717) is 16.8 Å². The number of hydrogen-bond donors (Lipinski definition) is 0. The molecule has 2 aliphatic rings. The highest BCUT2D eigenvalue weighted by atomic mass is 32.2. The van der Waals surface area contributed by atoms with Crippen LogP contribution < -0.4 is 9.64 Å². The summed E-state index contributed by atoms with van der Waals surface area (Å²) in [6.45, 7) is 5.20. The Morgan fingerprint density at radius 1 is 0.945 bits per heavy atom. The second kappa shape index (κ2) is 15.0. The number of carbonyl (C=O) groups excluding carboxylic acids is 2. The summed E-state index contributed by atoms with van der Waals surface area (Å²) in [6.07, 6.45) is -1.49. The number of alkyl halides is 3. The molecule has 4 aromatic rings. The minimum Gasteiger partial charge on any atom is -0.429 e. The van der Waals surface area contributed by atoms with Gasteiger partial charge in [-0.05, 0) is 52.2 Å². The van der Waals surface area contributed by atoms with E-state index in [2.05, 4.69) is 5.16 Å². The summed E-state index contributed by atoms with van der Waals surface area (Å²) in [7, 11) is -8.88. The highest BCUT2D eigenvalue weighted by molar-refractivity contribution is 7.87. The molecule has 1 atom stereocenters. The first-order valence-corrected chi connectivity index (χ1v) is 21.5. The van der Waals surface area contributed by atoms with Crippen LogP contribution in [-0.4, -0.2) is 57.3 Å². The molecule has 0 spiro atoms. The van der Waals surface area contributed by atoms with Crippen molar-refractivity contribution in [2.24, 2.45) is 5.16 Å². The van der Waals surface area contributed by atoms with Gasteiger partial charge in [0.25, 0.3) is 11.6 Å². The summed E-state index contributed by atoms with van der Waals surface area (Å²) in [6, 6.07) is 24.1. The molecule has 0 aromatic heterocycles. The smallest absolute Gasteiger partial charge is 0.429 e. The Kier molecular flexibility index (Phi) is 10.6. The number of non-ortho nitro benzene ring substituents is 1. The Balaban J connectivity index is 1.21. The van der Waals surface area contributed by atoms with Gasteiger partial charge in [-0.3, -0.25) is 14.9 Å². The van der Waals surface area contributed by atoms with Crippen molar-refractivity contribution in [1.82, 2.24) is 0 Å². The fraction of sp³-hybridized carbons (Fsp3) is 0.216. The molecule has 0 radical (unpaired) electrons. The number of oxime groups is 1. The van der Waals surface area contributed by atoms with E-state index in [-0.39, 0.29) is 58.6 Å². The monoisotopic (exact) mass is 795 g/mol. The number of carbonyl (C=O) groups is 2.